The van der Waals surface area contributed by atoms with E-state index in [2.05, 4.69) is 25.8 Å². The molecule has 3 fully saturated rings. The molecule has 2 heterocycles. The van der Waals surface area contributed by atoms with Crippen molar-refractivity contribution < 1.29 is 34.4 Å². The molecule has 3 aliphatic rings. The first-order valence-corrected chi connectivity index (χ1v) is 11.4. The molecule has 0 amide bonds. The van der Waals surface area contributed by atoms with E-state index in [-0.39, 0.29) is 33.6 Å². The third kappa shape index (κ3) is 3.60. The zero-order valence-electron chi connectivity index (χ0n) is 19.5. The van der Waals surface area contributed by atoms with Crippen LogP contribution in [-0.2, 0) is 9.53 Å². The van der Waals surface area contributed by atoms with E-state index < -0.39 is 34.9 Å². The molecule has 1 aromatic heterocycles. The SMILES string of the molecule is CC1(C)CCC[C@]2(C)[C@@H]1CC[C@]1(C)O/C(=C(/C(=O)O)c3ccc(C(=O)O)nc3C(=O)O)C[C@@H]21. The molecule has 3 N–H and O–H groups in total. The van der Waals surface area contributed by atoms with E-state index in [1.807, 2.05) is 6.92 Å². The van der Waals surface area contributed by atoms with Gasteiger partial charge >= 0.3 is 17.9 Å². The van der Waals surface area contributed by atoms with Crippen LogP contribution in [0.1, 0.15) is 92.8 Å². The topological polar surface area (TPSA) is 134 Å². The van der Waals surface area contributed by atoms with Crippen molar-refractivity contribution in [1.82, 2.24) is 4.98 Å². The van der Waals surface area contributed by atoms with Gasteiger partial charge in [0.25, 0.3) is 0 Å². The Hall–Kier alpha value is -2.90. The number of aliphatic carboxylic acids is 1. The van der Waals surface area contributed by atoms with Gasteiger partial charge in [0.15, 0.2) is 5.69 Å². The largest absolute Gasteiger partial charge is 0.491 e. The van der Waals surface area contributed by atoms with Gasteiger partial charge in [0.1, 0.15) is 22.6 Å². The molecule has 1 saturated heterocycles. The zero-order chi connectivity index (χ0) is 24.3. The Bertz CT molecular complexity index is 1070. The smallest absolute Gasteiger partial charge is 0.355 e. The molecule has 8 nitrogen and oxygen atoms in total. The van der Waals surface area contributed by atoms with E-state index in [9.17, 15) is 29.7 Å². The second kappa shape index (κ2) is 7.57. The van der Waals surface area contributed by atoms with Crippen molar-refractivity contribution in [2.75, 3.05) is 0 Å². The summed E-state index contributed by atoms with van der Waals surface area (Å²) in [7, 11) is 0. The molecule has 2 saturated carbocycles. The number of aromatic carboxylic acids is 2. The quantitative estimate of drug-likeness (QED) is 0.554. The van der Waals surface area contributed by atoms with Gasteiger partial charge in [0, 0.05) is 17.9 Å². The Labute approximate surface area is 192 Å². The predicted molar refractivity (Wildman–Crippen MR) is 119 cm³/mol. The molecule has 1 aromatic rings. The molecule has 0 radical (unpaired) electrons. The highest BCUT2D eigenvalue weighted by molar-refractivity contribution is 6.18. The summed E-state index contributed by atoms with van der Waals surface area (Å²) in [4.78, 5) is 39.2. The number of ether oxygens (including phenoxy) is 1. The van der Waals surface area contributed by atoms with Crippen LogP contribution in [0.3, 0.4) is 0 Å². The minimum atomic E-state index is -1.49. The summed E-state index contributed by atoms with van der Waals surface area (Å²) in [5.74, 6) is -3.33. The first kappa shape index (κ1) is 23.3. The Kier molecular flexibility index (Phi) is 5.34. The molecule has 178 valence electrons. The summed E-state index contributed by atoms with van der Waals surface area (Å²) >= 11 is 0. The number of carbonyl (C=O) groups is 3. The normalized spacial score (nSPS) is 33.9. The highest BCUT2D eigenvalue weighted by Crippen LogP contribution is 2.66. The Morgan fingerprint density at radius 3 is 2.27 bits per heavy atom. The highest BCUT2D eigenvalue weighted by atomic mass is 16.5. The number of aromatic nitrogens is 1. The van der Waals surface area contributed by atoms with Crippen LogP contribution in [0.5, 0.6) is 0 Å². The number of hydrogen-bond acceptors (Lipinski definition) is 5. The van der Waals surface area contributed by atoms with E-state index in [0.29, 0.717) is 12.3 Å². The van der Waals surface area contributed by atoms with Gasteiger partial charge in [-0.3, -0.25) is 0 Å². The third-order valence-corrected chi connectivity index (χ3v) is 8.56. The van der Waals surface area contributed by atoms with Crippen molar-refractivity contribution in [2.45, 2.75) is 71.8 Å². The van der Waals surface area contributed by atoms with Crippen LogP contribution in [0.4, 0.5) is 0 Å². The van der Waals surface area contributed by atoms with E-state index in [4.69, 9.17) is 4.74 Å². The van der Waals surface area contributed by atoms with Crippen molar-refractivity contribution in [1.29, 1.82) is 0 Å². The lowest BCUT2D eigenvalue weighted by molar-refractivity contribution is -0.142. The van der Waals surface area contributed by atoms with Gasteiger partial charge in [-0.1, -0.05) is 27.2 Å². The minimum Gasteiger partial charge on any atom is -0.491 e. The van der Waals surface area contributed by atoms with Crippen molar-refractivity contribution in [3.8, 4) is 0 Å². The second-order valence-corrected chi connectivity index (χ2v) is 10.9. The first-order valence-electron chi connectivity index (χ1n) is 11.4. The van der Waals surface area contributed by atoms with Crippen molar-refractivity contribution in [2.24, 2.45) is 22.7 Å². The monoisotopic (exact) mass is 457 g/mol. The number of pyridine rings is 1. The molecule has 0 unspecified atom stereocenters. The van der Waals surface area contributed by atoms with Crippen LogP contribution in [0.2, 0.25) is 0 Å². The summed E-state index contributed by atoms with van der Waals surface area (Å²) in [5, 5.41) is 28.9. The fraction of sp³-hybridized carbons (Fsp3) is 0.600. The highest BCUT2D eigenvalue weighted by Gasteiger charge is 2.62. The molecule has 33 heavy (non-hydrogen) atoms. The number of hydrogen-bond donors (Lipinski definition) is 3. The van der Waals surface area contributed by atoms with Gasteiger partial charge in [-0.25, -0.2) is 19.4 Å². The molecular weight excluding hydrogens is 426 g/mol. The van der Waals surface area contributed by atoms with Crippen molar-refractivity contribution >= 4 is 23.5 Å². The Morgan fingerprint density at radius 2 is 1.67 bits per heavy atom. The molecule has 0 aromatic carbocycles. The maximum atomic E-state index is 12.4. The molecule has 4 atom stereocenters. The van der Waals surface area contributed by atoms with E-state index >= 15 is 0 Å². The molecular formula is C25H31NO7. The van der Waals surface area contributed by atoms with Crippen molar-refractivity contribution in [3.63, 3.8) is 0 Å². The molecule has 4 rings (SSSR count). The molecule has 8 heteroatoms. The molecule has 0 bridgehead atoms. The number of allylic oxidation sites excluding steroid dienone is 1. The number of fused-ring (bicyclic) bond motifs is 3. The minimum absolute atomic E-state index is 0.0127. The second-order valence-electron chi connectivity index (χ2n) is 10.9. The lowest BCUT2D eigenvalue weighted by atomic mass is 9.45. The average molecular weight is 458 g/mol. The number of carboxylic acids is 3. The fourth-order valence-electron chi connectivity index (χ4n) is 7.17. The van der Waals surface area contributed by atoms with Gasteiger partial charge in [-0.2, -0.15) is 0 Å². The summed E-state index contributed by atoms with van der Waals surface area (Å²) in [6.07, 6.45) is 5.54. The Morgan fingerprint density at radius 1 is 0.970 bits per heavy atom. The summed E-state index contributed by atoms with van der Waals surface area (Å²) in [6, 6.07) is 2.33. The van der Waals surface area contributed by atoms with Crippen LogP contribution >= 0.6 is 0 Å². The lowest BCUT2D eigenvalue weighted by Gasteiger charge is -2.59. The standard InChI is InChI=1S/C25H31NO7/c1-23(2)9-5-10-24(3)16(23)8-11-25(4)17(24)12-15(33-25)18(21(29)30)13-6-7-14(20(27)28)26-19(13)22(31)32/h6-7,16-17H,5,8-12H2,1-4H3,(H,27,28)(H,29,30)(H,31,32)/b18-15+/t16-,17+,24-,25+/m1/s1. The van der Waals surface area contributed by atoms with E-state index in [1.165, 1.54) is 12.5 Å². The summed E-state index contributed by atoms with van der Waals surface area (Å²) in [5.41, 5.74) is -1.80. The maximum Gasteiger partial charge on any atom is 0.355 e. The number of rotatable bonds is 4. The van der Waals surface area contributed by atoms with Crippen LogP contribution in [0.15, 0.2) is 17.9 Å². The van der Waals surface area contributed by atoms with Gasteiger partial charge in [-0.15, -0.1) is 0 Å². The maximum absolute atomic E-state index is 12.4. The van der Waals surface area contributed by atoms with E-state index in [1.54, 1.807) is 0 Å². The zero-order valence-corrected chi connectivity index (χ0v) is 19.5. The van der Waals surface area contributed by atoms with Crippen LogP contribution in [-0.4, -0.2) is 43.8 Å². The fourth-order valence-corrected chi connectivity index (χ4v) is 7.17. The molecule has 0 spiro atoms. The Balaban J connectivity index is 1.83. The number of nitrogens with zero attached hydrogens (tertiary/aromatic N) is 1. The van der Waals surface area contributed by atoms with Crippen LogP contribution in [0, 0.1) is 22.7 Å². The summed E-state index contributed by atoms with van der Waals surface area (Å²) in [6.45, 7) is 8.99. The predicted octanol–water partition coefficient (Wildman–Crippen LogP) is 4.70. The van der Waals surface area contributed by atoms with Crippen LogP contribution < -0.4 is 0 Å². The average Bonchev–Trinajstić information content (AvgIpc) is 3.05. The van der Waals surface area contributed by atoms with Gasteiger partial charge in [0.2, 0.25) is 0 Å². The van der Waals surface area contributed by atoms with Gasteiger partial charge in [-0.05, 0) is 61.5 Å². The number of carboxylic acid groups (broad SMARTS) is 3. The summed E-state index contributed by atoms with van der Waals surface area (Å²) < 4.78 is 6.39. The molecule has 2 aliphatic carbocycles. The van der Waals surface area contributed by atoms with Crippen molar-refractivity contribution in [3.05, 3.63) is 34.8 Å². The van der Waals surface area contributed by atoms with Gasteiger partial charge in [0.05, 0.1) is 0 Å². The first-order chi connectivity index (χ1) is 15.3. The van der Waals surface area contributed by atoms with Crippen LogP contribution in [0.25, 0.3) is 5.57 Å². The third-order valence-electron chi connectivity index (χ3n) is 8.56. The van der Waals surface area contributed by atoms with E-state index in [0.717, 1.165) is 31.7 Å². The lowest BCUT2D eigenvalue weighted by Crippen LogP contribution is -2.55. The molecule has 1 aliphatic heterocycles. The van der Waals surface area contributed by atoms with Gasteiger partial charge < -0.3 is 20.1 Å².